The van der Waals surface area contributed by atoms with Gasteiger partial charge in [0.2, 0.25) is 0 Å². The molecule has 1 aromatic rings. The van der Waals surface area contributed by atoms with Gasteiger partial charge in [0.15, 0.2) is 0 Å². The molecule has 3 heteroatoms. The van der Waals surface area contributed by atoms with Gasteiger partial charge in [0, 0.05) is 24.2 Å². The van der Waals surface area contributed by atoms with Gasteiger partial charge in [-0.15, -0.1) is 11.6 Å². The molecule has 1 saturated heterocycles. The lowest BCUT2D eigenvalue weighted by Crippen LogP contribution is -2.35. The highest BCUT2D eigenvalue weighted by Crippen LogP contribution is 2.38. The minimum Gasteiger partial charge on any atom is -0.353 e. The number of hydrogen-bond acceptors (Lipinski definition) is 2. The fourth-order valence-corrected chi connectivity index (χ4v) is 3.79. The SMILES string of the molecule is Cc1cc(CCl)cc(N2CCC3CCCCC32)n1. The first kappa shape index (κ1) is 12.3. The Morgan fingerprint density at radius 1 is 1.28 bits per heavy atom. The molecule has 1 aliphatic heterocycles. The predicted molar refractivity (Wildman–Crippen MR) is 76.2 cm³/mol. The Hall–Kier alpha value is -0.760. The monoisotopic (exact) mass is 264 g/mol. The molecule has 0 spiro atoms. The van der Waals surface area contributed by atoms with E-state index in [4.69, 9.17) is 16.6 Å². The topological polar surface area (TPSA) is 16.1 Å². The Kier molecular flexibility index (Phi) is 3.47. The molecule has 2 atom stereocenters. The Labute approximate surface area is 114 Å². The highest BCUT2D eigenvalue weighted by molar-refractivity contribution is 6.17. The molecule has 0 bridgehead atoms. The maximum Gasteiger partial charge on any atom is 0.129 e. The molecule has 0 amide bonds. The number of aryl methyl sites for hydroxylation is 1. The molecular formula is C15H21ClN2. The van der Waals surface area contributed by atoms with Crippen LogP contribution in [0.1, 0.15) is 43.4 Å². The minimum absolute atomic E-state index is 0.582. The maximum atomic E-state index is 5.97. The molecule has 98 valence electrons. The first-order valence-corrected chi connectivity index (χ1v) is 7.61. The molecule has 2 heterocycles. The summed E-state index contributed by atoms with van der Waals surface area (Å²) in [6.07, 6.45) is 6.90. The molecule has 1 aliphatic carbocycles. The van der Waals surface area contributed by atoms with Gasteiger partial charge in [-0.1, -0.05) is 12.8 Å². The summed E-state index contributed by atoms with van der Waals surface area (Å²) in [6.45, 7) is 3.24. The molecule has 2 aliphatic rings. The Morgan fingerprint density at radius 2 is 2.11 bits per heavy atom. The van der Waals surface area contributed by atoms with Gasteiger partial charge in [0.1, 0.15) is 5.82 Å². The van der Waals surface area contributed by atoms with Crippen LogP contribution in [0, 0.1) is 12.8 Å². The van der Waals surface area contributed by atoms with E-state index in [-0.39, 0.29) is 0 Å². The lowest BCUT2D eigenvalue weighted by atomic mass is 9.85. The van der Waals surface area contributed by atoms with E-state index in [1.807, 2.05) is 0 Å². The van der Waals surface area contributed by atoms with Gasteiger partial charge >= 0.3 is 0 Å². The smallest absolute Gasteiger partial charge is 0.129 e. The van der Waals surface area contributed by atoms with Crippen LogP contribution in [0.25, 0.3) is 0 Å². The van der Waals surface area contributed by atoms with Crippen molar-refractivity contribution in [3.63, 3.8) is 0 Å². The van der Waals surface area contributed by atoms with Crippen LogP contribution in [0.4, 0.5) is 5.82 Å². The summed E-state index contributed by atoms with van der Waals surface area (Å²) in [5.74, 6) is 2.64. The van der Waals surface area contributed by atoms with Crippen LogP contribution in [-0.2, 0) is 5.88 Å². The van der Waals surface area contributed by atoms with Crippen LogP contribution in [0.5, 0.6) is 0 Å². The number of fused-ring (bicyclic) bond motifs is 1. The third-order valence-corrected chi connectivity index (χ3v) is 4.77. The van der Waals surface area contributed by atoms with E-state index in [9.17, 15) is 0 Å². The van der Waals surface area contributed by atoms with E-state index in [0.29, 0.717) is 5.88 Å². The van der Waals surface area contributed by atoms with Gasteiger partial charge in [0.25, 0.3) is 0 Å². The summed E-state index contributed by atoms with van der Waals surface area (Å²) in [4.78, 5) is 7.26. The van der Waals surface area contributed by atoms with Crippen LogP contribution in [0.3, 0.4) is 0 Å². The molecule has 2 fully saturated rings. The van der Waals surface area contributed by atoms with E-state index in [2.05, 4.69) is 24.0 Å². The van der Waals surface area contributed by atoms with Crippen molar-refractivity contribution in [3.8, 4) is 0 Å². The van der Waals surface area contributed by atoms with Crippen LogP contribution < -0.4 is 4.90 Å². The number of anilines is 1. The highest BCUT2D eigenvalue weighted by Gasteiger charge is 2.36. The van der Waals surface area contributed by atoms with Crippen molar-refractivity contribution in [1.82, 2.24) is 4.98 Å². The number of hydrogen-bond donors (Lipinski definition) is 0. The zero-order valence-electron chi connectivity index (χ0n) is 11.0. The normalized spacial score (nSPS) is 27.3. The lowest BCUT2D eigenvalue weighted by Gasteiger charge is -2.32. The van der Waals surface area contributed by atoms with Crippen molar-refractivity contribution in [2.45, 2.75) is 50.9 Å². The van der Waals surface area contributed by atoms with Crippen LogP contribution in [-0.4, -0.2) is 17.6 Å². The fraction of sp³-hybridized carbons (Fsp3) is 0.667. The van der Waals surface area contributed by atoms with Crippen molar-refractivity contribution in [2.24, 2.45) is 5.92 Å². The van der Waals surface area contributed by atoms with Crippen molar-refractivity contribution in [3.05, 3.63) is 23.4 Å². The van der Waals surface area contributed by atoms with Crippen molar-refractivity contribution >= 4 is 17.4 Å². The van der Waals surface area contributed by atoms with Gasteiger partial charge in [0.05, 0.1) is 0 Å². The fourth-order valence-electron chi connectivity index (χ4n) is 3.64. The number of pyridine rings is 1. The number of halogens is 1. The third-order valence-electron chi connectivity index (χ3n) is 4.46. The Bertz CT molecular complexity index is 433. The van der Waals surface area contributed by atoms with Gasteiger partial charge in [-0.3, -0.25) is 0 Å². The summed E-state index contributed by atoms with van der Waals surface area (Å²) in [7, 11) is 0. The molecule has 3 rings (SSSR count). The largest absolute Gasteiger partial charge is 0.353 e. The molecule has 0 N–H and O–H groups in total. The van der Waals surface area contributed by atoms with E-state index in [1.54, 1.807) is 0 Å². The predicted octanol–water partition coefficient (Wildman–Crippen LogP) is 3.90. The molecule has 1 saturated carbocycles. The quantitative estimate of drug-likeness (QED) is 0.753. The van der Waals surface area contributed by atoms with E-state index in [0.717, 1.165) is 23.5 Å². The molecule has 18 heavy (non-hydrogen) atoms. The van der Waals surface area contributed by atoms with Gasteiger partial charge in [-0.2, -0.15) is 0 Å². The molecule has 2 nitrogen and oxygen atoms in total. The second kappa shape index (κ2) is 5.08. The number of aromatic nitrogens is 1. The van der Waals surface area contributed by atoms with Crippen molar-refractivity contribution in [2.75, 3.05) is 11.4 Å². The lowest BCUT2D eigenvalue weighted by molar-refractivity contribution is 0.341. The summed E-state index contributed by atoms with van der Waals surface area (Å²) in [5, 5.41) is 0. The second-order valence-electron chi connectivity index (χ2n) is 5.70. The van der Waals surface area contributed by atoms with Crippen molar-refractivity contribution < 1.29 is 0 Å². The standard InChI is InChI=1S/C15H21ClN2/c1-11-8-12(10-16)9-15(17-11)18-7-6-13-4-2-3-5-14(13)18/h8-9,13-14H,2-7,10H2,1H3. The van der Waals surface area contributed by atoms with Crippen LogP contribution in [0.2, 0.25) is 0 Å². The minimum atomic E-state index is 0.582. The van der Waals surface area contributed by atoms with E-state index in [1.165, 1.54) is 44.2 Å². The van der Waals surface area contributed by atoms with Crippen LogP contribution >= 0.6 is 11.6 Å². The zero-order chi connectivity index (χ0) is 12.5. The number of nitrogens with zero attached hydrogens (tertiary/aromatic N) is 2. The third kappa shape index (κ3) is 2.23. The van der Waals surface area contributed by atoms with Gasteiger partial charge in [-0.25, -0.2) is 4.98 Å². The summed E-state index contributed by atoms with van der Waals surface area (Å²) in [6, 6.07) is 5.00. The number of rotatable bonds is 2. The maximum absolute atomic E-state index is 5.97. The Morgan fingerprint density at radius 3 is 2.94 bits per heavy atom. The molecule has 2 unspecified atom stereocenters. The first-order chi connectivity index (χ1) is 8.78. The average molecular weight is 265 g/mol. The summed E-state index contributed by atoms with van der Waals surface area (Å²) >= 11 is 5.97. The average Bonchev–Trinajstić information content (AvgIpc) is 2.81. The molecule has 0 radical (unpaired) electrons. The molecule has 1 aromatic heterocycles. The first-order valence-electron chi connectivity index (χ1n) is 7.08. The van der Waals surface area contributed by atoms with Crippen molar-refractivity contribution in [1.29, 1.82) is 0 Å². The zero-order valence-corrected chi connectivity index (χ0v) is 11.8. The van der Waals surface area contributed by atoms with E-state index >= 15 is 0 Å². The highest BCUT2D eigenvalue weighted by atomic mass is 35.5. The van der Waals surface area contributed by atoms with Gasteiger partial charge < -0.3 is 4.90 Å². The summed E-state index contributed by atoms with van der Waals surface area (Å²) in [5.41, 5.74) is 2.28. The Balaban J connectivity index is 1.88. The second-order valence-corrected chi connectivity index (χ2v) is 5.97. The number of alkyl halides is 1. The van der Waals surface area contributed by atoms with Crippen LogP contribution in [0.15, 0.2) is 12.1 Å². The van der Waals surface area contributed by atoms with E-state index < -0.39 is 0 Å². The van der Waals surface area contributed by atoms with Gasteiger partial charge in [-0.05, 0) is 49.8 Å². The molecule has 0 aromatic carbocycles. The molecular weight excluding hydrogens is 244 g/mol. The summed E-state index contributed by atoms with van der Waals surface area (Å²) < 4.78 is 0.